The number of nitrogens with zero attached hydrogens (tertiary/aromatic N) is 1. The molecule has 0 heterocycles. The average Bonchev–Trinajstić information content (AvgIpc) is 3.71. The monoisotopic (exact) mass is 727 g/mol. The summed E-state index contributed by atoms with van der Waals surface area (Å²) >= 11 is 0. The highest BCUT2D eigenvalue weighted by Gasteiger charge is 2.46. The van der Waals surface area contributed by atoms with E-state index < -0.39 is 5.41 Å². The van der Waals surface area contributed by atoms with Crippen LogP contribution < -0.4 is 4.90 Å². The van der Waals surface area contributed by atoms with Crippen LogP contribution in [0.1, 0.15) is 47.2 Å². The smallest absolute Gasteiger partial charge is 0.0713 e. The lowest BCUT2D eigenvalue weighted by molar-refractivity contribution is 0.666. The van der Waals surface area contributed by atoms with Crippen molar-refractivity contribution >= 4 is 27.8 Å². The van der Waals surface area contributed by atoms with Crippen molar-refractivity contribution in [1.29, 1.82) is 0 Å². The van der Waals surface area contributed by atoms with Gasteiger partial charge in [-0.3, -0.25) is 0 Å². The topological polar surface area (TPSA) is 3.24 Å². The van der Waals surface area contributed by atoms with E-state index in [-0.39, 0.29) is 5.41 Å². The minimum absolute atomic E-state index is 0.172. The van der Waals surface area contributed by atoms with Gasteiger partial charge in [-0.2, -0.15) is 0 Å². The Morgan fingerprint density at radius 1 is 0.386 bits per heavy atom. The van der Waals surface area contributed by atoms with E-state index in [4.69, 9.17) is 0 Å². The molecule has 0 fully saturated rings. The van der Waals surface area contributed by atoms with Crippen LogP contribution in [0.25, 0.3) is 44.2 Å². The van der Waals surface area contributed by atoms with E-state index in [1.54, 1.807) is 0 Å². The molecular formula is C56H41N. The molecule has 57 heavy (non-hydrogen) atoms. The Morgan fingerprint density at radius 2 is 0.930 bits per heavy atom. The van der Waals surface area contributed by atoms with Gasteiger partial charge < -0.3 is 4.90 Å². The Balaban J connectivity index is 1.18. The fraction of sp³-hybridized carbons (Fsp3) is 0.0714. The van der Waals surface area contributed by atoms with E-state index in [1.807, 2.05) is 0 Å². The highest BCUT2D eigenvalue weighted by molar-refractivity contribution is 6.06. The van der Waals surface area contributed by atoms with Crippen LogP contribution in [0.3, 0.4) is 0 Å². The summed E-state index contributed by atoms with van der Waals surface area (Å²) in [6.07, 6.45) is 0. The summed E-state index contributed by atoms with van der Waals surface area (Å²) in [5.41, 5.74) is 18.3. The molecule has 0 amide bonds. The summed E-state index contributed by atoms with van der Waals surface area (Å²) < 4.78 is 0. The predicted octanol–water partition coefficient (Wildman–Crippen LogP) is 14.6. The number of hydrogen-bond donors (Lipinski definition) is 0. The lowest BCUT2D eigenvalue weighted by atomic mass is 9.68. The maximum absolute atomic E-state index is 2.51. The minimum atomic E-state index is -0.460. The fourth-order valence-corrected chi connectivity index (χ4v) is 10.3. The molecule has 11 rings (SSSR count). The van der Waals surface area contributed by atoms with Crippen molar-refractivity contribution in [3.8, 4) is 33.4 Å². The Morgan fingerprint density at radius 3 is 1.63 bits per heavy atom. The lowest BCUT2D eigenvalue weighted by Crippen LogP contribution is -2.28. The molecule has 9 aromatic carbocycles. The first-order chi connectivity index (χ1) is 28.0. The largest absolute Gasteiger partial charge is 0.310 e. The van der Waals surface area contributed by atoms with Gasteiger partial charge in [-0.25, -0.2) is 0 Å². The number of anilines is 3. The third-order valence-electron chi connectivity index (χ3n) is 12.7. The van der Waals surface area contributed by atoms with E-state index in [2.05, 4.69) is 231 Å². The zero-order valence-corrected chi connectivity index (χ0v) is 32.2. The normalized spacial score (nSPS) is 14.1. The second-order valence-electron chi connectivity index (χ2n) is 16.0. The minimum Gasteiger partial charge on any atom is -0.310 e. The molecule has 270 valence electrons. The molecule has 0 aromatic heterocycles. The number of hydrogen-bond acceptors (Lipinski definition) is 1. The quantitative estimate of drug-likeness (QED) is 0.165. The molecule has 0 aliphatic heterocycles. The number of rotatable bonds is 6. The molecule has 2 aliphatic rings. The molecule has 0 saturated heterocycles. The van der Waals surface area contributed by atoms with Gasteiger partial charge in [0.05, 0.1) is 11.1 Å². The molecule has 9 aromatic rings. The Labute approximate surface area is 335 Å². The SMILES string of the molecule is CC1(C)c2ccccc2-c2c(N(c3ccc(C4(c5ccccc5)c5ccccc5-c5ccccc54)cc3)c3cccc(-c4ccccc4)c3)cc3ccccc3c21. The van der Waals surface area contributed by atoms with E-state index in [0.29, 0.717) is 0 Å². The van der Waals surface area contributed by atoms with E-state index >= 15 is 0 Å². The third kappa shape index (κ3) is 4.89. The average molecular weight is 728 g/mol. The van der Waals surface area contributed by atoms with Gasteiger partial charge in [-0.05, 0) is 102 Å². The summed E-state index contributed by atoms with van der Waals surface area (Å²) in [6, 6.07) is 78.7. The molecule has 0 unspecified atom stereocenters. The lowest BCUT2D eigenvalue weighted by Gasteiger charge is -2.35. The van der Waals surface area contributed by atoms with Crippen molar-refractivity contribution in [3.05, 3.63) is 246 Å². The number of fused-ring (bicyclic) bond motifs is 8. The van der Waals surface area contributed by atoms with E-state index in [0.717, 1.165) is 11.4 Å². The van der Waals surface area contributed by atoms with Gasteiger partial charge in [0.25, 0.3) is 0 Å². The Bertz CT molecular complexity index is 2930. The summed E-state index contributed by atoms with van der Waals surface area (Å²) in [6.45, 7) is 4.78. The fourth-order valence-electron chi connectivity index (χ4n) is 10.3. The zero-order chi connectivity index (χ0) is 38.1. The van der Waals surface area contributed by atoms with Crippen LogP contribution in [0, 0.1) is 0 Å². The van der Waals surface area contributed by atoms with E-state index in [9.17, 15) is 0 Å². The predicted molar refractivity (Wildman–Crippen MR) is 239 cm³/mol. The van der Waals surface area contributed by atoms with Crippen molar-refractivity contribution in [2.24, 2.45) is 0 Å². The van der Waals surface area contributed by atoms with E-state index in [1.165, 1.54) is 83.2 Å². The Kier molecular flexibility index (Phi) is 7.50. The maximum Gasteiger partial charge on any atom is 0.0713 e. The molecule has 0 spiro atoms. The van der Waals surface area contributed by atoms with Crippen molar-refractivity contribution in [1.82, 2.24) is 0 Å². The van der Waals surface area contributed by atoms with Crippen LogP contribution in [0.4, 0.5) is 17.1 Å². The highest BCUT2D eigenvalue weighted by Crippen LogP contribution is 2.58. The van der Waals surface area contributed by atoms with Gasteiger partial charge in [0, 0.05) is 22.4 Å². The first kappa shape index (κ1) is 33.4. The standard InChI is InChI=1S/C56H41N/c1-55(2)49-29-14-13-28-48(49)53-52(37-40-20-9-10-25-45(40)54(53)55)57(44-24-17-21-39(36-44)38-18-5-3-6-19-38)43-34-32-42(33-35-43)56(41-22-7-4-8-23-41)50-30-15-11-26-46(50)47-27-12-16-31-51(47)56/h3-37H,1-2H3. The third-order valence-corrected chi connectivity index (χ3v) is 12.7. The summed E-state index contributed by atoms with van der Waals surface area (Å²) in [7, 11) is 0. The molecule has 0 saturated carbocycles. The first-order valence-corrected chi connectivity index (χ1v) is 20.0. The molecule has 0 bridgehead atoms. The molecular weight excluding hydrogens is 687 g/mol. The van der Waals surface area contributed by atoms with Gasteiger partial charge in [0.1, 0.15) is 0 Å². The van der Waals surface area contributed by atoms with Crippen molar-refractivity contribution in [3.63, 3.8) is 0 Å². The summed E-state index contributed by atoms with van der Waals surface area (Å²) in [5, 5.41) is 2.56. The summed E-state index contributed by atoms with van der Waals surface area (Å²) in [5.74, 6) is 0. The van der Waals surface area contributed by atoms with Crippen molar-refractivity contribution in [2.75, 3.05) is 4.90 Å². The van der Waals surface area contributed by atoms with Gasteiger partial charge in [0.15, 0.2) is 0 Å². The number of benzene rings is 9. The van der Waals surface area contributed by atoms with Gasteiger partial charge in [0.2, 0.25) is 0 Å². The molecule has 2 aliphatic carbocycles. The van der Waals surface area contributed by atoms with Gasteiger partial charge >= 0.3 is 0 Å². The molecule has 1 nitrogen and oxygen atoms in total. The van der Waals surface area contributed by atoms with Crippen LogP contribution in [0.15, 0.2) is 212 Å². The molecule has 1 heteroatoms. The van der Waals surface area contributed by atoms with Gasteiger partial charge in [-0.15, -0.1) is 0 Å². The second-order valence-corrected chi connectivity index (χ2v) is 16.0. The molecule has 0 N–H and O–H groups in total. The Hall–Kier alpha value is -6.96. The van der Waals surface area contributed by atoms with Crippen molar-refractivity contribution in [2.45, 2.75) is 24.7 Å². The van der Waals surface area contributed by atoms with Crippen LogP contribution in [-0.4, -0.2) is 0 Å². The molecule has 0 radical (unpaired) electrons. The zero-order valence-electron chi connectivity index (χ0n) is 32.2. The van der Waals surface area contributed by atoms with Crippen molar-refractivity contribution < 1.29 is 0 Å². The van der Waals surface area contributed by atoms with Crippen LogP contribution in [0.5, 0.6) is 0 Å². The first-order valence-electron chi connectivity index (χ1n) is 20.0. The van der Waals surface area contributed by atoms with Gasteiger partial charge in [-0.1, -0.05) is 196 Å². The molecule has 0 atom stereocenters. The maximum atomic E-state index is 2.51. The van der Waals surface area contributed by atoms with Crippen LogP contribution in [0.2, 0.25) is 0 Å². The summed E-state index contributed by atoms with van der Waals surface area (Å²) in [4.78, 5) is 2.51. The van der Waals surface area contributed by atoms with Crippen LogP contribution >= 0.6 is 0 Å². The highest BCUT2D eigenvalue weighted by atomic mass is 15.1. The second kappa shape index (κ2) is 12.8. The van der Waals surface area contributed by atoms with Crippen LogP contribution in [-0.2, 0) is 10.8 Å².